The number of hydrogen-bond acceptors (Lipinski definition) is 3. The number of carbonyl (C=O) groups excluding carboxylic acids is 1. The fourth-order valence-electron chi connectivity index (χ4n) is 3.70. The van der Waals surface area contributed by atoms with Crippen molar-refractivity contribution < 1.29 is 4.79 Å². The number of aromatic nitrogens is 2. The Kier molecular flexibility index (Phi) is 5.70. The number of nitrogens with one attached hydrogen (secondary N) is 1. The predicted molar refractivity (Wildman–Crippen MR) is 133 cm³/mol. The Bertz CT molecular complexity index is 1470. The third-order valence-corrected chi connectivity index (χ3v) is 5.63. The number of hydrogen-bond donors (Lipinski definition) is 1. The van der Waals surface area contributed by atoms with Crippen LogP contribution in [0.2, 0.25) is 5.02 Å². The maximum Gasteiger partial charge on any atom is 0.291 e. The third kappa shape index (κ3) is 4.27. The second-order valence-corrected chi connectivity index (χ2v) is 7.82. The van der Waals surface area contributed by atoms with Gasteiger partial charge in [-0.1, -0.05) is 90.5 Å². The summed E-state index contributed by atoms with van der Waals surface area (Å²) in [6.45, 7) is 0. The summed E-state index contributed by atoms with van der Waals surface area (Å²) < 4.78 is 1.79. The van der Waals surface area contributed by atoms with Crippen LogP contribution in [-0.4, -0.2) is 21.9 Å². The van der Waals surface area contributed by atoms with Gasteiger partial charge in [0.2, 0.25) is 0 Å². The number of carbonyl (C=O) groups is 1. The fraction of sp³-hybridized carbons (Fsp3) is 0. The molecule has 160 valence electrons. The van der Waals surface area contributed by atoms with Crippen LogP contribution >= 0.6 is 11.6 Å². The molecular weight excluding hydrogens is 432 g/mol. The van der Waals surface area contributed by atoms with Crippen molar-refractivity contribution in [1.29, 1.82) is 0 Å². The van der Waals surface area contributed by atoms with Crippen molar-refractivity contribution in [1.82, 2.24) is 15.2 Å². The van der Waals surface area contributed by atoms with Crippen LogP contribution in [-0.2, 0) is 0 Å². The van der Waals surface area contributed by atoms with E-state index in [2.05, 4.69) is 33.8 Å². The van der Waals surface area contributed by atoms with Crippen molar-refractivity contribution in [2.75, 3.05) is 0 Å². The van der Waals surface area contributed by atoms with Gasteiger partial charge in [-0.15, -0.1) is 0 Å². The zero-order chi connectivity index (χ0) is 22.6. The van der Waals surface area contributed by atoms with Crippen LogP contribution in [0.4, 0.5) is 0 Å². The van der Waals surface area contributed by atoms with E-state index in [1.165, 1.54) is 6.21 Å². The summed E-state index contributed by atoms with van der Waals surface area (Å²) in [7, 11) is 0. The van der Waals surface area contributed by atoms with Crippen LogP contribution in [0.15, 0.2) is 108 Å². The summed E-state index contributed by atoms with van der Waals surface area (Å²) in [5, 5.41) is 11.4. The summed E-state index contributed by atoms with van der Waals surface area (Å²) in [5.74, 6) is -0.408. The van der Waals surface area contributed by atoms with E-state index >= 15 is 0 Å². The number of hydrazone groups is 1. The smallest absolute Gasteiger partial charge is 0.265 e. The first-order chi connectivity index (χ1) is 16.2. The molecule has 5 aromatic rings. The van der Waals surface area contributed by atoms with Crippen molar-refractivity contribution in [2.45, 2.75) is 0 Å². The lowest BCUT2D eigenvalue weighted by Crippen LogP contribution is -2.18. The van der Waals surface area contributed by atoms with Gasteiger partial charge in [0.15, 0.2) is 5.69 Å². The summed E-state index contributed by atoms with van der Waals surface area (Å²) in [6, 6.07) is 33.1. The Hall–Kier alpha value is -4.22. The Morgan fingerprint density at radius 1 is 0.879 bits per heavy atom. The minimum Gasteiger partial charge on any atom is -0.265 e. The molecule has 0 spiro atoms. The normalized spacial score (nSPS) is 11.2. The van der Waals surface area contributed by atoms with Gasteiger partial charge < -0.3 is 0 Å². The summed E-state index contributed by atoms with van der Waals surface area (Å²) in [6.07, 6.45) is 1.51. The van der Waals surface area contributed by atoms with Gasteiger partial charge in [-0.05, 0) is 35.0 Å². The van der Waals surface area contributed by atoms with Gasteiger partial charge in [-0.3, -0.25) is 4.79 Å². The van der Waals surface area contributed by atoms with E-state index in [4.69, 9.17) is 11.6 Å². The average Bonchev–Trinajstić information content (AvgIpc) is 3.31. The molecule has 4 aromatic carbocycles. The number of fused-ring (bicyclic) bond motifs is 1. The standard InChI is InChI=1S/C27H19ClN4O/c28-24-16-7-5-10-20(24)18-29-30-27(33)25-17-26(32(31-25)21-12-2-1-3-13-21)23-15-8-11-19-9-4-6-14-22(19)23/h1-18H,(H,30,33)/b29-18-. The lowest BCUT2D eigenvalue weighted by atomic mass is 10.0. The molecule has 0 saturated heterocycles. The Labute approximate surface area is 196 Å². The number of rotatable bonds is 5. The van der Waals surface area contributed by atoms with Crippen LogP contribution in [0, 0.1) is 0 Å². The molecule has 1 amide bonds. The minimum atomic E-state index is -0.408. The topological polar surface area (TPSA) is 59.3 Å². The van der Waals surface area contributed by atoms with Crippen LogP contribution in [0.3, 0.4) is 0 Å². The predicted octanol–water partition coefficient (Wildman–Crippen LogP) is 6.11. The number of amides is 1. The number of benzene rings is 4. The molecule has 0 aliphatic carbocycles. The molecule has 6 heteroatoms. The van der Waals surface area contributed by atoms with Crippen LogP contribution in [0.5, 0.6) is 0 Å². The quantitative estimate of drug-likeness (QED) is 0.259. The highest BCUT2D eigenvalue weighted by Gasteiger charge is 2.18. The lowest BCUT2D eigenvalue weighted by Gasteiger charge is -2.10. The van der Waals surface area contributed by atoms with Crippen LogP contribution < -0.4 is 5.43 Å². The van der Waals surface area contributed by atoms with Gasteiger partial charge in [0, 0.05) is 16.1 Å². The Balaban J connectivity index is 1.54. The minimum absolute atomic E-state index is 0.262. The molecule has 1 heterocycles. The Morgan fingerprint density at radius 2 is 1.61 bits per heavy atom. The molecule has 0 aliphatic rings. The van der Waals surface area contributed by atoms with Crippen LogP contribution in [0.1, 0.15) is 16.1 Å². The van der Waals surface area contributed by atoms with Crippen molar-refractivity contribution in [3.63, 3.8) is 0 Å². The second kappa shape index (κ2) is 9.10. The highest BCUT2D eigenvalue weighted by atomic mass is 35.5. The van der Waals surface area contributed by atoms with Crippen molar-refractivity contribution in [3.8, 4) is 16.9 Å². The monoisotopic (exact) mass is 450 g/mol. The SMILES string of the molecule is O=C(N/N=C\c1ccccc1Cl)c1cc(-c2cccc3ccccc23)n(-c2ccccc2)n1. The zero-order valence-corrected chi connectivity index (χ0v) is 18.3. The van der Waals surface area contributed by atoms with Gasteiger partial charge in [0.25, 0.3) is 5.91 Å². The molecule has 0 fully saturated rings. The molecule has 0 bridgehead atoms. The maximum absolute atomic E-state index is 12.9. The van der Waals surface area contributed by atoms with Crippen molar-refractivity contribution in [3.05, 3.63) is 119 Å². The molecule has 5 nitrogen and oxygen atoms in total. The van der Waals surface area contributed by atoms with E-state index in [9.17, 15) is 4.79 Å². The zero-order valence-electron chi connectivity index (χ0n) is 17.5. The summed E-state index contributed by atoms with van der Waals surface area (Å²) in [4.78, 5) is 12.9. The first-order valence-electron chi connectivity index (χ1n) is 10.4. The molecule has 1 N–H and O–H groups in total. The summed E-state index contributed by atoms with van der Waals surface area (Å²) in [5.41, 5.74) is 6.19. The Morgan fingerprint density at radius 3 is 2.45 bits per heavy atom. The average molecular weight is 451 g/mol. The van der Waals surface area contributed by atoms with Gasteiger partial charge in [0.1, 0.15) is 0 Å². The van der Waals surface area contributed by atoms with Crippen molar-refractivity contribution in [2.24, 2.45) is 5.10 Å². The number of para-hydroxylation sites is 1. The van der Waals surface area contributed by atoms with E-state index in [1.54, 1.807) is 16.8 Å². The maximum atomic E-state index is 12.9. The molecule has 1 aromatic heterocycles. The second-order valence-electron chi connectivity index (χ2n) is 7.41. The van der Waals surface area contributed by atoms with Crippen LogP contribution in [0.25, 0.3) is 27.7 Å². The number of halogens is 1. The highest BCUT2D eigenvalue weighted by molar-refractivity contribution is 6.33. The van der Waals surface area contributed by atoms with E-state index in [-0.39, 0.29) is 5.69 Å². The summed E-state index contributed by atoms with van der Waals surface area (Å²) >= 11 is 6.14. The first-order valence-corrected chi connectivity index (χ1v) is 10.8. The molecular formula is C27H19ClN4O. The van der Waals surface area contributed by atoms with E-state index < -0.39 is 5.91 Å². The van der Waals surface area contributed by atoms with E-state index in [0.29, 0.717) is 10.6 Å². The molecule has 33 heavy (non-hydrogen) atoms. The first kappa shape index (κ1) is 20.7. The molecule has 0 unspecified atom stereocenters. The molecule has 0 atom stereocenters. The molecule has 0 radical (unpaired) electrons. The van der Waals surface area contributed by atoms with Gasteiger partial charge in [-0.25, -0.2) is 10.1 Å². The largest absolute Gasteiger partial charge is 0.291 e. The number of nitrogens with zero attached hydrogens (tertiary/aromatic N) is 3. The third-order valence-electron chi connectivity index (χ3n) is 5.28. The molecule has 0 saturated carbocycles. The van der Waals surface area contributed by atoms with E-state index in [0.717, 1.165) is 27.7 Å². The van der Waals surface area contributed by atoms with Gasteiger partial charge in [-0.2, -0.15) is 10.2 Å². The molecule has 0 aliphatic heterocycles. The fourth-order valence-corrected chi connectivity index (χ4v) is 3.88. The van der Waals surface area contributed by atoms with Gasteiger partial charge in [0.05, 0.1) is 17.6 Å². The van der Waals surface area contributed by atoms with E-state index in [1.807, 2.05) is 72.8 Å². The van der Waals surface area contributed by atoms with Gasteiger partial charge >= 0.3 is 0 Å². The lowest BCUT2D eigenvalue weighted by molar-refractivity contribution is 0.0949. The molecule has 5 rings (SSSR count). The van der Waals surface area contributed by atoms with Crippen molar-refractivity contribution >= 4 is 34.5 Å². The highest BCUT2D eigenvalue weighted by Crippen LogP contribution is 2.31.